The summed E-state index contributed by atoms with van der Waals surface area (Å²) in [6, 6.07) is 0.734. The zero-order chi connectivity index (χ0) is 10.9. The van der Waals surface area contributed by atoms with E-state index in [1.165, 1.54) is 0 Å². The number of rotatable bonds is 2. The molecule has 0 saturated heterocycles. The topological polar surface area (TPSA) is 63.3 Å². The number of carbonyl (C=O) groups is 1. The Morgan fingerprint density at radius 1 is 1.57 bits per heavy atom. The van der Waals surface area contributed by atoms with Gasteiger partial charge in [-0.1, -0.05) is 0 Å². The van der Waals surface area contributed by atoms with Crippen LogP contribution in [0.2, 0.25) is 0 Å². The molecule has 0 aliphatic rings. The Balaban J connectivity index is 3.47. The van der Waals surface area contributed by atoms with E-state index in [1.54, 1.807) is 0 Å². The number of carbonyl (C=O) groups excluding carboxylic acids is 1. The number of ketones is 1. The molecule has 14 heavy (non-hydrogen) atoms. The molecule has 6 heteroatoms. The Morgan fingerprint density at radius 2 is 2.14 bits per heavy atom. The lowest BCUT2D eigenvalue weighted by Gasteiger charge is -2.06. The number of hydrogen-bond acceptors (Lipinski definition) is 3. The lowest BCUT2D eigenvalue weighted by atomic mass is 10.1. The lowest BCUT2D eigenvalue weighted by Crippen LogP contribution is -2.16. The number of halogens is 3. The zero-order valence-electron chi connectivity index (χ0n) is 6.85. The Bertz CT molecular complexity index is 369. The van der Waals surface area contributed by atoms with Crippen molar-refractivity contribution in [2.75, 3.05) is 6.54 Å². The summed E-state index contributed by atoms with van der Waals surface area (Å²) in [5.41, 5.74) is 4.25. The molecule has 0 amide bonds. The van der Waals surface area contributed by atoms with Crippen LogP contribution in [-0.4, -0.2) is 17.4 Å². The van der Waals surface area contributed by atoms with Crippen molar-refractivity contribution in [2.45, 2.75) is 0 Å². The molecule has 76 valence electrons. The van der Waals surface area contributed by atoms with Crippen LogP contribution < -0.4 is 5.73 Å². The average Bonchev–Trinajstić information content (AvgIpc) is 2.15. The minimum atomic E-state index is -1.07. The zero-order valence-corrected chi connectivity index (χ0v) is 8.44. The molecule has 0 spiro atoms. The van der Waals surface area contributed by atoms with Crippen LogP contribution in [0.4, 0.5) is 8.78 Å². The first-order valence-electron chi connectivity index (χ1n) is 3.58. The molecule has 0 heterocycles. The smallest absolute Gasteiger partial charge is 0.183 e. The third-order valence-corrected chi connectivity index (χ3v) is 2.19. The van der Waals surface area contributed by atoms with Crippen molar-refractivity contribution in [3.63, 3.8) is 0 Å². The predicted molar refractivity (Wildman–Crippen MR) is 49.1 cm³/mol. The molecule has 0 fully saturated rings. The van der Waals surface area contributed by atoms with Crippen LogP contribution in [0.15, 0.2) is 10.5 Å². The molecule has 0 aliphatic heterocycles. The predicted octanol–water partition coefficient (Wildman–Crippen LogP) is 1.57. The minimum Gasteiger partial charge on any atom is -0.504 e. The van der Waals surface area contributed by atoms with Gasteiger partial charge in [0.25, 0.3) is 0 Å². The molecule has 0 unspecified atom stereocenters. The Labute approximate surface area is 86.7 Å². The van der Waals surface area contributed by atoms with E-state index < -0.39 is 35.3 Å². The van der Waals surface area contributed by atoms with Crippen molar-refractivity contribution in [3.8, 4) is 5.75 Å². The molecule has 0 aromatic heterocycles. The number of Topliss-reactive ketones (excluding diaryl/α,β-unsaturated/α-hetero) is 1. The molecular weight excluding hydrogens is 260 g/mol. The van der Waals surface area contributed by atoms with Crippen molar-refractivity contribution >= 4 is 21.7 Å². The van der Waals surface area contributed by atoms with Gasteiger partial charge in [-0.3, -0.25) is 4.79 Å². The van der Waals surface area contributed by atoms with Crippen molar-refractivity contribution < 1.29 is 18.7 Å². The highest BCUT2D eigenvalue weighted by atomic mass is 79.9. The van der Waals surface area contributed by atoms with Gasteiger partial charge in [-0.15, -0.1) is 0 Å². The molecule has 0 aliphatic carbocycles. The van der Waals surface area contributed by atoms with Crippen molar-refractivity contribution in [3.05, 3.63) is 27.7 Å². The number of phenolic OH excluding ortho intramolecular Hbond substituents is 1. The second-order valence-corrected chi connectivity index (χ2v) is 3.36. The fourth-order valence-corrected chi connectivity index (χ4v) is 1.34. The van der Waals surface area contributed by atoms with Crippen LogP contribution in [0.5, 0.6) is 5.75 Å². The maximum absolute atomic E-state index is 13.2. The van der Waals surface area contributed by atoms with Gasteiger partial charge in [0.1, 0.15) is 5.56 Å². The molecule has 0 bridgehead atoms. The molecule has 0 atom stereocenters. The minimum absolute atomic E-state index is 0.232. The molecule has 1 aromatic rings. The third kappa shape index (κ3) is 1.76. The first kappa shape index (κ1) is 11.1. The van der Waals surface area contributed by atoms with Crippen molar-refractivity contribution in [1.82, 2.24) is 0 Å². The van der Waals surface area contributed by atoms with Gasteiger partial charge in [0, 0.05) is 0 Å². The quantitative estimate of drug-likeness (QED) is 0.631. The Morgan fingerprint density at radius 3 is 2.64 bits per heavy atom. The van der Waals surface area contributed by atoms with E-state index in [9.17, 15) is 13.6 Å². The van der Waals surface area contributed by atoms with Crippen molar-refractivity contribution in [1.29, 1.82) is 0 Å². The summed E-state index contributed by atoms with van der Waals surface area (Å²) in [6.45, 7) is -0.500. The molecule has 3 nitrogen and oxygen atoms in total. The van der Waals surface area contributed by atoms with Gasteiger partial charge in [0.2, 0.25) is 0 Å². The van der Waals surface area contributed by atoms with Crippen LogP contribution in [0.1, 0.15) is 10.4 Å². The van der Waals surface area contributed by atoms with Crippen LogP contribution in [0, 0.1) is 11.6 Å². The molecule has 1 aromatic carbocycles. The van der Waals surface area contributed by atoms with Gasteiger partial charge in [0.05, 0.1) is 11.0 Å². The highest BCUT2D eigenvalue weighted by Crippen LogP contribution is 2.30. The summed E-state index contributed by atoms with van der Waals surface area (Å²) in [6.07, 6.45) is 0. The van der Waals surface area contributed by atoms with E-state index in [-0.39, 0.29) is 4.47 Å². The van der Waals surface area contributed by atoms with Crippen LogP contribution in [0.25, 0.3) is 0 Å². The van der Waals surface area contributed by atoms with Gasteiger partial charge in [0.15, 0.2) is 23.2 Å². The fraction of sp³-hybridized carbons (Fsp3) is 0.125. The first-order valence-corrected chi connectivity index (χ1v) is 4.38. The maximum atomic E-state index is 13.2. The molecule has 0 radical (unpaired) electrons. The van der Waals surface area contributed by atoms with E-state index in [0.29, 0.717) is 0 Å². The van der Waals surface area contributed by atoms with E-state index in [0.717, 1.165) is 6.07 Å². The Kier molecular flexibility index (Phi) is 3.17. The van der Waals surface area contributed by atoms with E-state index >= 15 is 0 Å². The molecule has 1 rings (SSSR count). The largest absolute Gasteiger partial charge is 0.504 e. The van der Waals surface area contributed by atoms with E-state index in [2.05, 4.69) is 15.9 Å². The summed E-state index contributed by atoms with van der Waals surface area (Å²) < 4.78 is 25.9. The van der Waals surface area contributed by atoms with Crippen LogP contribution >= 0.6 is 15.9 Å². The Hall–Kier alpha value is -1.01. The number of benzene rings is 1. The van der Waals surface area contributed by atoms with Gasteiger partial charge < -0.3 is 10.8 Å². The van der Waals surface area contributed by atoms with Crippen LogP contribution in [-0.2, 0) is 0 Å². The monoisotopic (exact) mass is 265 g/mol. The molecular formula is C8H6BrF2NO2. The summed E-state index contributed by atoms with van der Waals surface area (Å²) in [4.78, 5) is 11.0. The number of aromatic hydroxyl groups is 1. The summed E-state index contributed by atoms with van der Waals surface area (Å²) in [5, 5.41) is 9.09. The summed E-state index contributed by atoms with van der Waals surface area (Å²) >= 11 is 2.71. The first-order chi connectivity index (χ1) is 6.49. The van der Waals surface area contributed by atoms with E-state index in [4.69, 9.17) is 10.8 Å². The van der Waals surface area contributed by atoms with Gasteiger partial charge in [-0.25, -0.2) is 8.78 Å². The lowest BCUT2D eigenvalue weighted by molar-refractivity contribution is 0.0993. The molecule has 0 saturated carbocycles. The molecule has 3 N–H and O–H groups in total. The SMILES string of the molecule is NCC(=O)c1c(O)c(F)cc(Br)c1F. The van der Waals surface area contributed by atoms with Crippen molar-refractivity contribution in [2.24, 2.45) is 5.73 Å². The van der Waals surface area contributed by atoms with E-state index in [1.807, 2.05) is 0 Å². The fourth-order valence-electron chi connectivity index (χ4n) is 0.942. The second-order valence-electron chi connectivity index (χ2n) is 2.51. The second kappa shape index (κ2) is 4.02. The van der Waals surface area contributed by atoms with Gasteiger partial charge in [-0.2, -0.15) is 0 Å². The van der Waals surface area contributed by atoms with Gasteiger partial charge in [-0.05, 0) is 22.0 Å². The third-order valence-electron chi connectivity index (χ3n) is 1.61. The number of hydrogen-bond donors (Lipinski definition) is 2. The standard InChI is InChI=1S/C8H6BrF2NO2/c9-3-1-4(10)8(14)6(7(3)11)5(13)2-12/h1,14H,2,12H2. The summed E-state index contributed by atoms with van der Waals surface area (Å²) in [7, 11) is 0. The average molecular weight is 266 g/mol. The van der Waals surface area contributed by atoms with Gasteiger partial charge >= 0.3 is 0 Å². The number of nitrogens with two attached hydrogens (primary N) is 1. The number of phenols is 1. The highest BCUT2D eigenvalue weighted by Gasteiger charge is 2.21. The highest BCUT2D eigenvalue weighted by molar-refractivity contribution is 9.10. The normalized spacial score (nSPS) is 10.3. The maximum Gasteiger partial charge on any atom is 0.183 e. The summed E-state index contributed by atoms with van der Waals surface area (Å²) in [5.74, 6) is -3.96. The van der Waals surface area contributed by atoms with Crippen LogP contribution in [0.3, 0.4) is 0 Å².